The Bertz CT molecular complexity index is 1240. The van der Waals surface area contributed by atoms with Gasteiger partial charge in [-0.25, -0.2) is 0 Å². The van der Waals surface area contributed by atoms with Gasteiger partial charge in [0.25, 0.3) is 5.91 Å². The first-order valence-corrected chi connectivity index (χ1v) is 34.1. The van der Waals surface area contributed by atoms with Gasteiger partial charge < -0.3 is 47.9 Å². The zero-order valence-corrected chi connectivity index (χ0v) is 53.2. The largest absolute Gasteiger partial charge is 0.462 e. The van der Waals surface area contributed by atoms with E-state index < -0.39 is 6.10 Å². The van der Waals surface area contributed by atoms with Crippen LogP contribution >= 0.6 is 0 Å². The summed E-state index contributed by atoms with van der Waals surface area (Å²) in [7, 11) is 0. The molecule has 476 valence electrons. The van der Waals surface area contributed by atoms with E-state index in [2.05, 4.69) is 34.6 Å². The Hall–Kier alpha value is -1.87. The summed E-state index contributed by atoms with van der Waals surface area (Å²) in [4.78, 5) is 42.6. The molecule has 0 aromatic heterocycles. The molecule has 13 heteroatoms. The third kappa shape index (κ3) is 55.3. The number of aliphatic hydroxyl groups is 1. The summed E-state index contributed by atoms with van der Waals surface area (Å²) in [5.74, 6) is -0.250. The SMILES string of the molecule is CCCCCCCCC(CCCCCCCC)OC(=O)CCCCCOCC(OCCCCCC(=O)OC(CCCCCCCC)CCCCCCCC)C(=O)N(CCCCCCCC)CCOCCOCCOCCOCCO. The van der Waals surface area contributed by atoms with Gasteiger partial charge in [-0.2, -0.15) is 0 Å². The van der Waals surface area contributed by atoms with E-state index in [0.717, 1.165) is 109 Å². The van der Waals surface area contributed by atoms with Crippen molar-refractivity contribution < 1.29 is 57.4 Å². The molecule has 0 radical (unpaired) electrons. The average molecular weight is 1140 g/mol. The Morgan fingerprint density at radius 2 is 0.675 bits per heavy atom. The summed E-state index contributed by atoms with van der Waals surface area (Å²) in [6.07, 6.45) is 45.0. The lowest BCUT2D eigenvalue weighted by molar-refractivity contribution is -0.151. The second-order valence-corrected chi connectivity index (χ2v) is 22.8. The van der Waals surface area contributed by atoms with Gasteiger partial charge in [0.2, 0.25) is 0 Å². The first-order chi connectivity index (χ1) is 39.4. The number of carbonyl (C=O) groups is 3. The molecule has 0 aliphatic rings. The summed E-state index contributed by atoms with van der Waals surface area (Å²) in [5.41, 5.74) is 0. The van der Waals surface area contributed by atoms with Crippen molar-refractivity contribution in [3.63, 3.8) is 0 Å². The van der Waals surface area contributed by atoms with Crippen molar-refractivity contribution in [3.05, 3.63) is 0 Å². The summed E-state index contributed by atoms with van der Waals surface area (Å²) >= 11 is 0. The van der Waals surface area contributed by atoms with Crippen molar-refractivity contribution in [2.45, 2.75) is 323 Å². The number of hydrogen-bond acceptors (Lipinski definition) is 12. The van der Waals surface area contributed by atoms with Crippen LogP contribution in [0, 0.1) is 0 Å². The van der Waals surface area contributed by atoms with Crippen molar-refractivity contribution in [2.75, 3.05) is 92.4 Å². The first-order valence-electron chi connectivity index (χ1n) is 34.1. The average Bonchev–Trinajstić information content (AvgIpc) is 3.45. The molecular formula is C67H131NO12. The molecule has 0 fully saturated rings. The highest BCUT2D eigenvalue weighted by atomic mass is 16.6. The molecule has 1 amide bonds. The molecule has 0 spiro atoms. The van der Waals surface area contributed by atoms with Crippen LogP contribution in [0.25, 0.3) is 0 Å². The molecule has 0 saturated heterocycles. The molecule has 0 aromatic carbocycles. The number of rotatable bonds is 67. The van der Waals surface area contributed by atoms with E-state index >= 15 is 0 Å². The Balaban J connectivity index is 5.50. The van der Waals surface area contributed by atoms with Crippen molar-refractivity contribution >= 4 is 17.8 Å². The van der Waals surface area contributed by atoms with Crippen LogP contribution in [-0.2, 0) is 52.3 Å². The first kappa shape index (κ1) is 78.1. The van der Waals surface area contributed by atoms with Crippen molar-refractivity contribution in [1.82, 2.24) is 4.90 Å². The summed E-state index contributed by atoms with van der Waals surface area (Å²) in [6, 6.07) is 0. The normalized spacial score (nSPS) is 12.1. The third-order valence-electron chi connectivity index (χ3n) is 15.1. The third-order valence-corrected chi connectivity index (χ3v) is 15.1. The monoisotopic (exact) mass is 1140 g/mol. The van der Waals surface area contributed by atoms with Crippen molar-refractivity contribution in [3.8, 4) is 0 Å². The van der Waals surface area contributed by atoms with Gasteiger partial charge >= 0.3 is 11.9 Å². The molecule has 80 heavy (non-hydrogen) atoms. The molecule has 0 aliphatic heterocycles. The standard InChI is InChI=1S/C67H131NO12/c1-6-11-16-21-26-33-42-62(43-34-27-22-17-12-7-2)79-65(70)46-37-31-40-51-77-61-64(67(72)68(48-39-30-25-20-15-10-5)49-53-73-55-57-75-59-60-76-58-56-74-54-50-69)78-52-41-32-38-47-66(71)80-63(44-35-28-23-18-13-8-3)45-36-29-24-19-14-9-4/h62-64,69H,6-61H2,1-5H3. The van der Waals surface area contributed by atoms with E-state index in [0.29, 0.717) is 92.0 Å². The highest BCUT2D eigenvalue weighted by molar-refractivity contribution is 5.81. The highest BCUT2D eigenvalue weighted by Gasteiger charge is 2.26. The van der Waals surface area contributed by atoms with Gasteiger partial charge in [-0.05, 0) is 83.5 Å². The molecule has 0 saturated carbocycles. The Kier molecular flexibility index (Phi) is 63.2. The second-order valence-electron chi connectivity index (χ2n) is 22.8. The van der Waals surface area contributed by atoms with Gasteiger partial charge in [0.1, 0.15) is 12.2 Å². The van der Waals surface area contributed by atoms with E-state index in [-0.39, 0.29) is 43.3 Å². The fraction of sp³-hybridized carbons (Fsp3) is 0.955. The number of ether oxygens (including phenoxy) is 8. The summed E-state index contributed by atoms with van der Waals surface area (Å²) in [5, 5.41) is 8.83. The molecule has 1 atom stereocenters. The van der Waals surface area contributed by atoms with Gasteiger partial charge in [-0.3, -0.25) is 14.4 Å². The van der Waals surface area contributed by atoms with Gasteiger partial charge in [0, 0.05) is 39.1 Å². The number of carbonyl (C=O) groups excluding carboxylic acids is 3. The van der Waals surface area contributed by atoms with Crippen LogP contribution in [0.3, 0.4) is 0 Å². The van der Waals surface area contributed by atoms with Gasteiger partial charge in [-0.15, -0.1) is 0 Å². The van der Waals surface area contributed by atoms with Crippen LogP contribution in [0.5, 0.6) is 0 Å². The lowest BCUT2D eigenvalue weighted by Gasteiger charge is -2.28. The zero-order chi connectivity index (χ0) is 58.3. The lowest BCUT2D eigenvalue weighted by Crippen LogP contribution is -2.45. The maximum atomic E-state index is 14.4. The van der Waals surface area contributed by atoms with Gasteiger partial charge in [-0.1, -0.05) is 208 Å². The summed E-state index contributed by atoms with van der Waals surface area (Å²) in [6.45, 7) is 16.6. The van der Waals surface area contributed by atoms with E-state index in [1.807, 2.05) is 4.90 Å². The van der Waals surface area contributed by atoms with Crippen LogP contribution in [0.2, 0.25) is 0 Å². The smallest absolute Gasteiger partial charge is 0.306 e. The van der Waals surface area contributed by atoms with Crippen LogP contribution in [-0.4, -0.2) is 139 Å². The summed E-state index contributed by atoms with van der Waals surface area (Å²) < 4.78 is 47.2. The maximum Gasteiger partial charge on any atom is 0.306 e. The van der Waals surface area contributed by atoms with E-state index in [4.69, 9.17) is 43.0 Å². The van der Waals surface area contributed by atoms with Gasteiger partial charge in [0.15, 0.2) is 6.10 Å². The number of nitrogens with zero attached hydrogens (tertiary/aromatic N) is 1. The second kappa shape index (κ2) is 64.7. The molecule has 0 bridgehead atoms. The Morgan fingerprint density at radius 3 is 1.07 bits per heavy atom. The predicted molar refractivity (Wildman–Crippen MR) is 330 cm³/mol. The fourth-order valence-corrected chi connectivity index (χ4v) is 10.0. The zero-order valence-electron chi connectivity index (χ0n) is 53.2. The van der Waals surface area contributed by atoms with Gasteiger partial charge in [0.05, 0.1) is 66.1 Å². The van der Waals surface area contributed by atoms with E-state index in [1.54, 1.807) is 0 Å². The number of unbranched alkanes of at least 4 members (excludes halogenated alkanes) is 29. The minimum Gasteiger partial charge on any atom is -0.462 e. The minimum atomic E-state index is -0.757. The van der Waals surface area contributed by atoms with Crippen LogP contribution in [0.15, 0.2) is 0 Å². The minimum absolute atomic E-state index is 0.000201. The topological polar surface area (TPSA) is 149 Å². The molecule has 0 aromatic rings. The highest BCUT2D eigenvalue weighted by Crippen LogP contribution is 2.21. The molecule has 13 nitrogen and oxygen atoms in total. The quantitative estimate of drug-likeness (QED) is 0.0456. The van der Waals surface area contributed by atoms with Crippen LogP contribution < -0.4 is 0 Å². The van der Waals surface area contributed by atoms with E-state index in [9.17, 15) is 14.4 Å². The molecule has 1 unspecified atom stereocenters. The van der Waals surface area contributed by atoms with E-state index in [1.165, 1.54) is 148 Å². The predicted octanol–water partition coefficient (Wildman–Crippen LogP) is 16.6. The lowest BCUT2D eigenvalue weighted by atomic mass is 10.0. The Labute approximate surface area is 493 Å². The number of amides is 1. The molecule has 1 N–H and O–H groups in total. The molecule has 0 aliphatic carbocycles. The van der Waals surface area contributed by atoms with Crippen LogP contribution in [0.1, 0.15) is 304 Å². The van der Waals surface area contributed by atoms with Crippen molar-refractivity contribution in [1.29, 1.82) is 0 Å². The molecule has 0 heterocycles. The molecular weight excluding hydrogens is 1010 g/mol. The Morgan fingerprint density at radius 1 is 0.338 bits per heavy atom. The number of aliphatic hydroxyl groups excluding tert-OH is 1. The maximum absolute atomic E-state index is 14.4. The number of esters is 2. The fourth-order valence-electron chi connectivity index (χ4n) is 10.0. The number of hydrogen-bond donors (Lipinski definition) is 1. The molecule has 0 rings (SSSR count). The van der Waals surface area contributed by atoms with Crippen LogP contribution in [0.4, 0.5) is 0 Å². The van der Waals surface area contributed by atoms with Crippen molar-refractivity contribution in [2.24, 2.45) is 0 Å².